The molecule has 0 unspecified atom stereocenters. The van der Waals surface area contributed by atoms with Crippen LogP contribution in [0.4, 0.5) is 11.5 Å². The van der Waals surface area contributed by atoms with Crippen LogP contribution in [0.1, 0.15) is 26.5 Å². The molecule has 17 heavy (non-hydrogen) atoms. The van der Waals surface area contributed by atoms with E-state index in [1.54, 1.807) is 20.9 Å². The van der Waals surface area contributed by atoms with E-state index in [9.17, 15) is 10.1 Å². The fourth-order valence-corrected chi connectivity index (χ4v) is 1.47. The summed E-state index contributed by atoms with van der Waals surface area (Å²) in [4.78, 5) is 10.6. The maximum atomic E-state index is 11.0. The first-order valence-corrected chi connectivity index (χ1v) is 5.28. The van der Waals surface area contributed by atoms with E-state index in [1.807, 2.05) is 6.92 Å². The van der Waals surface area contributed by atoms with Crippen molar-refractivity contribution in [3.8, 4) is 12.3 Å². The summed E-state index contributed by atoms with van der Waals surface area (Å²) >= 11 is 0. The minimum absolute atomic E-state index is 0.00155. The van der Waals surface area contributed by atoms with Crippen molar-refractivity contribution in [3.63, 3.8) is 0 Å². The molecule has 1 aromatic heterocycles. The van der Waals surface area contributed by atoms with Crippen molar-refractivity contribution >= 4 is 11.5 Å². The van der Waals surface area contributed by atoms with Gasteiger partial charge in [-0.05, 0) is 20.3 Å². The number of nitrogens with zero attached hydrogens (tertiary/aromatic N) is 3. The zero-order chi connectivity index (χ0) is 13.2. The number of nitro groups is 1. The smallest absolute Gasteiger partial charge is 0.334 e. The molecule has 0 aromatic carbocycles. The second-order valence-electron chi connectivity index (χ2n) is 4.27. The van der Waals surface area contributed by atoms with Crippen LogP contribution in [-0.4, -0.2) is 20.2 Å². The molecular weight excluding hydrogens is 220 g/mol. The van der Waals surface area contributed by atoms with Gasteiger partial charge in [0.2, 0.25) is 5.82 Å². The number of hydrogen-bond acceptors (Lipinski definition) is 4. The minimum Gasteiger partial charge on any atom is -0.349 e. The van der Waals surface area contributed by atoms with Crippen LogP contribution < -0.4 is 5.32 Å². The lowest BCUT2D eigenvalue weighted by Crippen LogP contribution is -2.30. The maximum absolute atomic E-state index is 11.0. The molecule has 0 bridgehead atoms. The van der Waals surface area contributed by atoms with Gasteiger partial charge in [0.1, 0.15) is 5.69 Å². The number of aryl methyl sites for hydroxylation is 2. The van der Waals surface area contributed by atoms with E-state index < -0.39 is 10.5 Å². The molecule has 0 amide bonds. The fraction of sp³-hybridized carbons (Fsp3) is 0.545. The first kappa shape index (κ1) is 13.0. The molecule has 0 radical (unpaired) electrons. The number of rotatable bonds is 4. The molecule has 1 N–H and O–H groups in total. The van der Waals surface area contributed by atoms with Crippen molar-refractivity contribution in [2.75, 3.05) is 5.32 Å². The molecule has 6 nitrogen and oxygen atoms in total. The van der Waals surface area contributed by atoms with Gasteiger partial charge in [0.25, 0.3) is 0 Å². The van der Waals surface area contributed by atoms with E-state index in [1.165, 1.54) is 4.68 Å². The summed E-state index contributed by atoms with van der Waals surface area (Å²) in [6.45, 7) is 5.37. The Balaban J connectivity index is 3.29. The Bertz CT molecular complexity index is 482. The summed E-state index contributed by atoms with van der Waals surface area (Å²) in [6, 6.07) is 0. The quantitative estimate of drug-likeness (QED) is 0.490. The highest BCUT2D eigenvalue weighted by molar-refractivity contribution is 5.61. The van der Waals surface area contributed by atoms with E-state index >= 15 is 0 Å². The fourth-order valence-electron chi connectivity index (χ4n) is 1.47. The van der Waals surface area contributed by atoms with Crippen molar-refractivity contribution in [1.29, 1.82) is 0 Å². The predicted octanol–water partition coefficient (Wildman–Crippen LogP) is 1.71. The Morgan fingerprint density at radius 2 is 2.24 bits per heavy atom. The number of nitrogens with one attached hydrogen (secondary N) is 1. The average Bonchev–Trinajstić information content (AvgIpc) is 2.55. The maximum Gasteiger partial charge on any atom is 0.334 e. The van der Waals surface area contributed by atoms with E-state index in [2.05, 4.69) is 16.3 Å². The first-order chi connectivity index (χ1) is 7.82. The summed E-state index contributed by atoms with van der Waals surface area (Å²) in [5.41, 5.74) is -0.213. The van der Waals surface area contributed by atoms with Gasteiger partial charge in [-0.1, -0.05) is 12.8 Å². The van der Waals surface area contributed by atoms with Crippen LogP contribution in [0.25, 0.3) is 0 Å². The normalized spacial score (nSPS) is 11.0. The highest BCUT2D eigenvalue weighted by atomic mass is 16.6. The van der Waals surface area contributed by atoms with Gasteiger partial charge in [0.05, 0.1) is 10.5 Å². The van der Waals surface area contributed by atoms with Crippen LogP contribution >= 0.6 is 0 Å². The molecule has 0 fully saturated rings. The number of aromatic nitrogens is 2. The molecule has 1 aromatic rings. The third-order valence-corrected chi connectivity index (χ3v) is 2.40. The molecule has 1 rings (SSSR count). The molecule has 0 aliphatic rings. The van der Waals surface area contributed by atoms with E-state index in [4.69, 9.17) is 6.42 Å². The Morgan fingerprint density at radius 3 is 2.65 bits per heavy atom. The van der Waals surface area contributed by atoms with Crippen LogP contribution in [-0.2, 0) is 13.5 Å². The molecule has 0 saturated heterocycles. The van der Waals surface area contributed by atoms with Gasteiger partial charge in [-0.3, -0.25) is 10.1 Å². The van der Waals surface area contributed by atoms with Crippen LogP contribution in [0.5, 0.6) is 0 Å². The monoisotopic (exact) mass is 236 g/mol. The van der Waals surface area contributed by atoms with Crippen LogP contribution in [0.15, 0.2) is 0 Å². The third-order valence-electron chi connectivity index (χ3n) is 2.40. The Hall–Kier alpha value is -2.03. The summed E-state index contributed by atoms with van der Waals surface area (Å²) in [5, 5.41) is 18.1. The van der Waals surface area contributed by atoms with Crippen molar-refractivity contribution < 1.29 is 4.92 Å². The van der Waals surface area contributed by atoms with Crippen LogP contribution in [0.3, 0.4) is 0 Å². The van der Waals surface area contributed by atoms with Crippen LogP contribution in [0, 0.1) is 22.5 Å². The molecule has 0 atom stereocenters. The van der Waals surface area contributed by atoms with Gasteiger partial charge in [-0.25, -0.2) is 4.68 Å². The van der Waals surface area contributed by atoms with Crippen molar-refractivity contribution in [2.24, 2.45) is 7.05 Å². The molecule has 6 heteroatoms. The minimum atomic E-state index is -0.663. The van der Waals surface area contributed by atoms with Gasteiger partial charge in [0.15, 0.2) is 0 Å². The molecule has 0 saturated carbocycles. The van der Waals surface area contributed by atoms with Gasteiger partial charge in [0, 0.05) is 7.05 Å². The summed E-state index contributed by atoms with van der Waals surface area (Å²) in [6.07, 6.45) is 5.86. The molecule has 0 spiro atoms. The Morgan fingerprint density at radius 1 is 1.65 bits per heavy atom. The van der Waals surface area contributed by atoms with Gasteiger partial charge in [-0.2, -0.15) is 5.10 Å². The number of anilines is 1. The SMILES string of the molecule is C#CC(C)(C)Nc1c([N+](=O)[O-])c(CC)nn1C. The van der Waals surface area contributed by atoms with E-state index in [-0.39, 0.29) is 5.69 Å². The second kappa shape index (κ2) is 4.45. The first-order valence-electron chi connectivity index (χ1n) is 5.28. The molecule has 1 heterocycles. The Labute approximate surface area is 100 Å². The highest BCUT2D eigenvalue weighted by Crippen LogP contribution is 2.30. The largest absolute Gasteiger partial charge is 0.349 e. The topological polar surface area (TPSA) is 73.0 Å². The van der Waals surface area contributed by atoms with E-state index in [0.29, 0.717) is 17.9 Å². The lowest BCUT2D eigenvalue weighted by atomic mass is 10.1. The third kappa shape index (κ3) is 2.56. The van der Waals surface area contributed by atoms with Crippen molar-refractivity contribution in [3.05, 3.63) is 15.8 Å². The predicted molar refractivity (Wildman–Crippen MR) is 65.8 cm³/mol. The van der Waals surface area contributed by atoms with E-state index in [0.717, 1.165) is 0 Å². The molecular formula is C11H16N4O2. The Kier molecular flexibility index (Phi) is 3.42. The van der Waals surface area contributed by atoms with Crippen LogP contribution in [0.2, 0.25) is 0 Å². The van der Waals surface area contributed by atoms with Gasteiger partial charge < -0.3 is 5.32 Å². The summed E-state index contributed by atoms with van der Waals surface area (Å²) < 4.78 is 1.45. The standard InChI is InChI=1S/C11H16N4O2/c1-6-8-9(15(16)17)10(14(5)13-8)12-11(3,4)7-2/h2,12H,6H2,1,3-5H3. The zero-order valence-corrected chi connectivity index (χ0v) is 10.4. The number of terminal acetylenes is 1. The lowest BCUT2D eigenvalue weighted by molar-refractivity contribution is -0.384. The lowest BCUT2D eigenvalue weighted by Gasteiger charge is -2.20. The van der Waals surface area contributed by atoms with Crippen molar-refractivity contribution in [2.45, 2.75) is 32.7 Å². The summed E-state index contributed by atoms with van der Waals surface area (Å²) in [5.74, 6) is 2.88. The number of hydrogen-bond donors (Lipinski definition) is 1. The molecule has 0 aliphatic heterocycles. The molecule has 92 valence electrons. The average molecular weight is 236 g/mol. The highest BCUT2D eigenvalue weighted by Gasteiger charge is 2.28. The van der Waals surface area contributed by atoms with Gasteiger partial charge in [-0.15, -0.1) is 6.42 Å². The molecule has 0 aliphatic carbocycles. The second-order valence-corrected chi connectivity index (χ2v) is 4.27. The zero-order valence-electron chi connectivity index (χ0n) is 10.4. The van der Waals surface area contributed by atoms with Gasteiger partial charge >= 0.3 is 5.69 Å². The van der Waals surface area contributed by atoms with Crippen molar-refractivity contribution in [1.82, 2.24) is 9.78 Å². The summed E-state index contributed by atoms with van der Waals surface area (Å²) in [7, 11) is 1.65.